The molecule has 0 spiro atoms. The lowest BCUT2D eigenvalue weighted by atomic mass is 10.2. The lowest BCUT2D eigenvalue weighted by Crippen LogP contribution is -2.40. The van der Waals surface area contributed by atoms with Gasteiger partial charge < -0.3 is 9.84 Å². The summed E-state index contributed by atoms with van der Waals surface area (Å²) < 4.78 is 5.48. The number of anilines is 1. The molecule has 27 heavy (non-hydrogen) atoms. The molecular formula is C20H21ClN2O4. The first-order valence-electron chi connectivity index (χ1n) is 8.68. The van der Waals surface area contributed by atoms with Crippen molar-refractivity contribution in [2.75, 3.05) is 18.1 Å². The van der Waals surface area contributed by atoms with Crippen LogP contribution in [0.25, 0.3) is 0 Å². The van der Waals surface area contributed by atoms with Crippen LogP contribution in [-0.4, -0.2) is 47.2 Å². The number of amides is 3. The number of benzene rings is 2. The normalized spacial score (nSPS) is 18.3. The van der Waals surface area contributed by atoms with Crippen LogP contribution in [0.15, 0.2) is 54.6 Å². The van der Waals surface area contributed by atoms with Crippen LogP contribution < -0.4 is 4.90 Å². The van der Waals surface area contributed by atoms with Gasteiger partial charge in [-0.2, -0.15) is 0 Å². The third-order valence-electron chi connectivity index (χ3n) is 4.40. The van der Waals surface area contributed by atoms with Crippen molar-refractivity contribution in [3.8, 4) is 0 Å². The maximum atomic E-state index is 12.7. The van der Waals surface area contributed by atoms with E-state index < -0.39 is 18.2 Å². The Morgan fingerprint density at radius 3 is 2.48 bits per heavy atom. The first-order valence-corrected chi connectivity index (χ1v) is 9.05. The lowest BCUT2D eigenvalue weighted by molar-refractivity contribution is -0.128. The molecule has 2 aromatic rings. The minimum absolute atomic E-state index is 0.0119. The van der Waals surface area contributed by atoms with E-state index in [9.17, 15) is 14.7 Å². The number of aliphatic hydroxyl groups excluding tert-OH is 1. The molecule has 0 aliphatic carbocycles. The summed E-state index contributed by atoms with van der Waals surface area (Å²) in [6.07, 6.45) is -0.983. The van der Waals surface area contributed by atoms with Crippen LogP contribution in [-0.2, 0) is 16.1 Å². The van der Waals surface area contributed by atoms with Gasteiger partial charge in [0.15, 0.2) is 0 Å². The predicted octanol–water partition coefficient (Wildman–Crippen LogP) is 3.07. The van der Waals surface area contributed by atoms with Gasteiger partial charge in [-0.25, -0.2) is 4.79 Å². The van der Waals surface area contributed by atoms with Gasteiger partial charge in [-0.1, -0.05) is 48.0 Å². The molecule has 1 saturated heterocycles. The molecule has 1 aliphatic rings. The molecule has 1 N–H and O–H groups in total. The Morgan fingerprint density at radius 1 is 1.11 bits per heavy atom. The van der Waals surface area contributed by atoms with E-state index in [2.05, 4.69) is 0 Å². The molecule has 0 radical (unpaired) electrons. The number of para-hydroxylation sites is 1. The molecule has 0 bridgehead atoms. The van der Waals surface area contributed by atoms with E-state index in [1.54, 1.807) is 37.3 Å². The van der Waals surface area contributed by atoms with Gasteiger partial charge in [0.2, 0.25) is 0 Å². The van der Waals surface area contributed by atoms with Crippen LogP contribution in [0.5, 0.6) is 0 Å². The van der Waals surface area contributed by atoms with Crippen molar-refractivity contribution in [1.29, 1.82) is 0 Å². The first kappa shape index (κ1) is 19.4. The van der Waals surface area contributed by atoms with E-state index in [1.165, 1.54) is 4.90 Å². The molecule has 2 atom stereocenters. The molecule has 3 amide bonds. The number of hydrogen-bond acceptors (Lipinski definition) is 4. The highest BCUT2D eigenvalue weighted by molar-refractivity contribution is 6.31. The zero-order valence-electron chi connectivity index (χ0n) is 14.9. The summed E-state index contributed by atoms with van der Waals surface area (Å²) in [6.45, 7) is 1.79. The van der Waals surface area contributed by atoms with Crippen molar-refractivity contribution in [2.24, 2.45) is 0 Å². The molecule has 3 rings (SSSR count). The zero-order valence-corrected chi connectivity index (χ0v) is 15.7. The lowest BCUT2D eigenvalue weighted by Gasteiger charge is -2.20. The van der Waals surface area contributed by atoms with E-state index in [-0.39, 0.29) is 25.7 Å². The third-order valence-corrected chi connectivity index (χ3v) is 4.77. The number of rotatable bonds is 7. The smallest absolute Gasteiger partial charge is 0.332 e. The quantitative estimate of drug-likeness (QED) is 0.740. The van der Waals surface area contributed by atoms with Gasteiger partial charge in [-0.05, 0) is 30.7 Å². The molecule has 6 nitrogen and oxygen atoms in total. The second kappa shape index (κ2) is 8.52. The Hall–Kier alpha value is -2.41. The van der Waals surface area contributed by atoms with Crippen LogP contribution in [0.3, 0.4) is 0 Å². The minimum atomic E-state index is -0.983. The number of halogens is 1. The first-order chi connectivity index (χ1) is 13.0. The SMILES string of the molecule is C[C@H]1C(=O)N(C[C@@H](O)COCc2ccccc2Cl)C(=O)N1c1ccccc1. The van der Waals surface area contributed by atoms with E-state index in [0.717, 1.165) is 10.5 Å². The van der Waals surface area contributed by atoms with Crippen molar-refractivity contribution in [3.05, 3.63) is 65.2 Å². The molecule has 142 valence electrons. The van der Waals surface area contributed by atoms with Gasteiger partial charge in [0, 0.05) is 10.7 Å². The highest BCUT2D eigenvalue weighted by atomic mass is 35.5. The number of carbonyl (C=O) groups excluding carboxylic acids is 2. The average molecular weight is 389 g/mol. The van der Waals surface area contributed by atoms with Crippen LogP contribution >= 0.6 is 11.6 Å². The second-order valence-electron chi connectivity index (χ2n) is 6.37. The number of aliphatic hydroxyl groups is 1. The Balaban J connectivity index is 1.57. The summed E-state index contributed by atoms with van der Waals surface area (Å²) in [6, 6.07) is 15.2. The summed E-state index contributed by atoms with van der Waals surface area (Å²) in [4.78, 5) is 27.6. The summed E-state index contributed by atoms with van der Waals surface area (Å²) in [5.41, 5.74) is 1.46. The van der Waals surface area contributed by atoms with Gasteiger partial charge in [0.25, 0.3) is 5.91 Å². The summed E-state index contributed by atoms with van der Waals surface area (Å²) in [5, 5.41) is 10.8. The Bertz CT molecular complexity index is 815. The van der Waals surface area contributed by atoms with Crippen LogP contribution in [0, 0.1) is 0 Å². The molecule has 1 aliphatic heterocycles. The van der Waals surface area contributed by atoms with Gasteiger partial charge in [-0.3, -0.25) is 14.6 Å². The highest BCUT2D eigenvalue weighted by Gasteiger charge is 2.43. The maximum Gasteiger partial charge on any atom is 0.332 e. The Morgan fingerprint density at radius 2 is 1.78 bits per heavy atom. The van der Waals surface area contributed by atoms with Crippen molar-refractivity contribution in [1.82, 2.24) is 4.90 Å². The molecule has 1 heterocycles. The number of β-amino-alcohol motifs (C(OH)–C–C–N with tert-alkyl or cyclic N) is 1. The largest absolute Gasteiger partial charge is 0.389 e. The standard InChI is InChI=1S/C20H21ClN2O4/c1-14-19(25)22(20(26)23(14)16-8-3-2-4-9-16)11-17(24)13-27-12-15-7-5-6-10-18(15)21/h2-10,14,17,24H,11-13H2,1H3/t14-,17+/m0/s1. The fourth-order valence-electron chi connectivity index (χ4n) is 3.00. The monoisotopic (exact) mass is 388 g/mol. The molecule has 0 saturated carbocycles. The third kappa shape index (κ3) is 4.30. The summed E-state index contributed by atoms with van der Waals surface area (Å²) in [7, 11) is 0. The van der Waals surface area contributed by atoms with E-state index >= 15 is 0 Å². The number of urea groups is 1. The van der Waals surface area contributed by atoms with Crippen molar-refractivity contribution >= 4 is 29.2 Å². The number of nitrogens with zero attached hydrogens (tertiary/aromatic N) is 2. The molecule has 2 aromatic carbocycles. The zero-order chi connectivity index (χ0) is 19.4. The van der Waals surface area contributed by atoms with Gasteiger partial charge in [-0.15, -0.1) is 0 Å². The molecule has 0 unspecified atom stereocenters. The second-order valence-corrected chi connectivity index (χ2v) is 6.78. The minimum Gasteiger partial charge on any atom is -0.389 e. The Labute approximate surface area is 162 Å². The van der Waals surface area contributed by atoms with Crippen molar-refractivity contribution in [3.63, 3.8) is 0 Å². The maximum absolute atomic E-state index is 12.7. The van der Waals surface area contributed by atoms with Crippen LogP contribution in [0.4, 0.5) is 10.5 Å². The van der Waals surface area contributed by atoms with Crippen molar-refractivity contribution in [2.45, 2.75) is 25.7 Å². The molecular weight excluding hydrogens is 368 g/mol. The fourth-order valence-corrected chi connectivity index (χ4v) is 3.19. The highest BCUT2D eigenvalue weighted by Crippen LogP contribution is 2.25. The fraction of sp³-hybridized carbons (Fsp3) is 0.300. The molecule has 1 fully saturated rings. The number of imide groups is 1. The van der Waals surface area contributed by atoms with Crippen LogP contribution in [0.1, 0.15) is 12.5 Å². The van der Waals surface area contributed by atoms with E-state index in [4.69, 9.17) is 16.3 Å². The predicted molar refractivity (Wildman–Crippen MR) is 103 cm³/mol. The Kier molecular flexibility index (Phi) is 6.11. The van der Waals surface area contributed by atoms with E-state index in [0.29, 0.717) is 10.7 Å². The number of ether oxygens (including phenoxy) is 1. The van der Waals surface area contributed by atoms with Crippen LogP contribution in [0.2, 0.25) is 5.02 Å². The molecule has 7 heteroatoms. The van der Waals surface area contributed by atoms with E-state index in [1.807, 2.05) is 24.3 Å². The number of carbonyl (C=O) groups is 2. The number of hydrogen-bond donors (Lipinski definition) is 1. The average Bonchev–Trinajstić information content (AvgIpc) is 2.87. The molecule has 0 aromatic heterocycles. The van der Waals surface area contributed by atoms with Gasteiger partial charge >= 0.3 is 6.03 Å². The van der Waals surface area contributed by atoms with Gasteiger partial charge in [0.1, 0.15) is 6.04 Å². The van der Waals surface area contributed by atoms with Gasteiger partial charge in [0.05, 0.1) is 25.9 Å². The summed E-state index contributed by atoms with van der Waals surface area (Å²) >= 11 is 6.06. The summed E-state index contributed by atoms with van der Waals surface area (Å²) in [5.74, 6) is -0.339. The topological polar surface area (TPSA) is 70.1 Å². The van der Waals surface area contributed by atoms with Crippen molar-refractivity contribution < 1.29 is 19.4 Å².